The summed E-state index contributed by atoms with van der Waals surface area (Å²) in [5, 5.41) is 22.6. The lowest BCUT2D eigenvalue weighted by molar-refractivity contribution is -0.162. The van der Waals surface area contributed by atoms with Gasteiger partial charge in [0, 0.05) is 16.8 Å². The molecule has 0 saturated heterocycles. The molecule has 170 valence electrons. The molecular formula is C22H21F4N3O3. The molecule has 6 nitrogen and oxygen atoms in total. The zero-order valence-corrected chi connectivity index (χ0v) is 17.3. The number of carbonyl (C=O) groups is 1. The highest BCUT2D eigenvalue weighted by atomic mass is 19.4. The number of aromatic hydroxyl groups is 1. The second-order valence-electron chi connectivity index (χ2n) is 8.64. The topological polar surface area (TPSA) is 98.2 Å². The fraction of sp³-hybridized carbons (Fsp3) is 0.364. The van der Waals surface area contributed by atoms with Crippen LogP contribution in [0.1, 0.15) is 43.6 Å². The van der Waals surface area contributed by atoms with E-state index in [4.69, 9.17) is 0 Å². The van der Waals surface area contributed by atoms with Crippen molar-refractivity contribution in [3.8, 4) is 5.75 Å². The largest absolute Gasteiger partial charge is 0.508 e. The molecule has 0 unspecified atom stereocenters. The number of phenols is 1. The number of alkyl halides is 3. The van der Waals surface area contributed by atoms with E-state index in [-0.39, 0.29) is 46.7 Å². The average molecular weight is 451 g/mol. The van der Waals surface area contributed by atoms with Crippen LogP contribution in [0.2, 0.25) is 0 Å². The van der Waals surface area contributed by atoms with Crippen LogP contribution in [-0.2, 0) is 22.2 Å². The Kier molecular flexibility index (Phi) is 4.96. The lowest BCUT2D eigenvalue weighted by atomic mass is 9.95. The van der Waals surface area contributed by atoms with Crippen LogP contribution in [0.4, 0.5) is 23.2 Å². The smallest absolute Gasteiger partial charge is 0.401 e. The number of halogens is 4. The van der Waals surface area contributed by atoms with Gasteiger partial charge in [-0.1, -0.05) is 0 Å². The number of H-pyrrole nitrogens is 1. The van der Waals surface area contributed by atoms with E-state index >= 15 is 0 Å². The van der Waals surface area contributed by atoms with Crippen molar-refractivity contribution >= 4 is 22.6 Å². The molecule has 1 aliphatic carbocycles. The second kappa shape index (κ2) is 7.19. The maximum atomic E-state index is 14.4. The van der Waals surface area contributed by atoms with Crippen LogP contribution in [0.25, 0.3) is 11.0 Å². The first-order valence-electron chi connectivity index (χ1n) is 9.91. The summed E-state index contributed by atoms with van der Waals surface area (Å²) in [5.74, 6) is -1.84. The molecule has 10 heteroatoms. The van der Waals surface area contributed by atoms with Crippen molar-refractivity contribution in [3.05, 3.63) is 53.1 Å². The molecule has 1 heterocycles. The molecule has 1 saturated carbocycles. The standard InChI is InChI=1S/C22H21F4N3O3/c1-20(2,32)13-10-14(23)11(7-17(13)30)8-18(31)27-12-3-4-15-16(9-12)29-19(28-15)21(5-6-21)22(24,25)26/h3-4,7,9-10,30,32H,5-6,8H2,1-2H3,(H,27,31)(H,28,29). The Hall–Kier alpha value is -3.14. The fourth-order valence-electron chi connectivity index (χ4n) is 3.70. The van der Waals surface area contributed by atoms with Gasteiger partial charge in [0.05, 0.1) is 23.1 Å². The van der Waals surface area contributed by atoms with Crippen LogP contribution in [-0.4, -0.2) is 32.3 Å². The van der Waals surface area contributed by atoms with Gasteiger partial charge in [0.15, 0.2) is 0 Å². The number of nitrogens with one attached hydrogen (secondary N) is 2. The van der Waals surface area contributed by atoms with Gasteiger partial charge in [-0.25, -0.2) is 9.37 Å². The third kappa shape index (κ3) is 3.90. The molecular weight excluding hydrogens is 430 g/mol. The number of amides is 1. The summed E-state index contributed by atoms with van der Waals surface area (Å²) in [6, 6.07) is 6.51. The van der Waals surface area contributed by atoms with E-state index < -0.39 is 35.3 Å². The number of aromatic nitrogens is 2. The Morgan fingerprint density at radius 1 is 1.22 bits per heavy atom. The first kappa shape index (κ1) is 22.1. The summed E-state index contributed by atoms with van der Waals surface area (Å²) in [5.41, 5.74) is -2.52. The molecule has 4 N–H and O–H groups in total. The van der Waals surface area contributed by atoms with Crippen LogP contribution < -0.4 is 5.32 Å². The molecule has 1 fully saturated rings. The molecule has 1 aliphatic rings. The summed E-state index contributed by atoms with van der Waals surface area (Å²) >= 11 is 0. The number of fused-ring (bicyclic) bond motifs is 1. The van der Waals surface area contributed by atoms with E-state index in [0.29, 0.717) is 5.52 Å². The number of imidazole rings is 1. The molecule has 0 atom stereocenters. The molecule has 1 amide bonds. The molecule has 0 spiro atoms. The van der Waals surface area contributed by atoms with Crippen molar-refractivity contribution in [2.75, 3.05) is 5.32 Å². The number of phenolic OH excluding ortho intramolecular Hbond substituents is 1. The maximum Gasteiger partial charge on any atom is 0.401 e. The Bertz CT molecular complexity index is 1210. The molecule has 0 aliphatic heterocycles. The van der Waals surface area contributed by atoms with Gasteiger partial charge < -0.3 is 20.5 Å². The number of nitrogens with zero attached hydrogens (tertiary/aromatic N) is 1. The van der Waals surface area contributed by atoms with Crippen LogP contribution in [0.3, 0.4) is 0 Å². The molecule has 0 bridgehead atoms. The molecule has 1 aromatic heterocycles. The third-order valence-electron chi connectivity index (χ3n) is 5.69. The van der Waals surface area contributed by atoms with Crippen molar-refractivity contribution < 1.29 is 32.6 Å². The van der Waals surface area contributed by atoms with E-state index in [2.05, 4.69) is 15.3 Å². The quantitative estimate of drug-likeness (QED) is 0.432. The minimum Gasteiger partial charge on any atom is -0.508 e. The number of hydrogen-bond acceptors (Lipinski definition) is 4. The van der Waals surface area contributed by atoms with Crippen LogP contribution in [0, 0.1) is 5.82 Å². The van der Waals surface area contributed by atoms with Gasteiger partial charge in [-0.2, -0.15) is 13.2 Å². The summed E-state index contributed by atoms with van der Waals surface area (Å²) in [6.45, 7) is 2.79. The van der Waals surface area contributed by atoms with Crippen LogP contribution in [0.5, 0.6) is 5.75 Å². The highest BCUT2D eigenvalue weighted by Gasteiger charge is 2.66. The van der Waals surface area contributed by atoms with Crippen molar-refractivity contribution in [1.29, 1.82) is 0 Å². The molecule has 3 aromatic rings. The number of carbonyl (C=O) groups excluding carboxylic acids is 1. The van der Waals surface area contributed by atoms with Crippen molar-refractivity contribution in [2.24, 2.45) is 0 Å². The summed E-state index contributed by atoms with van der Waals surface area (Å²) in [4.78, 5) is 19.2. The number of hydrogen-bond donors (Lipinski definition) is 4. The number of aromatic amines is 1. The van der Waals surface area contributed by atoms with Crippen LogP contribution >= 0.6 is 0 Å². The minimum atomic E-state index is -4.39. The lowest BCUT2D eigenvalue weighted by Gasteiger charge is -2.20. The van der Waals surface area contributed by atoms with Crippen molar-refractivity contribution in [2.45, 2.75) is 50.3 Å². The predicted molar refractivity (Wildman–Crippen MR) is 109 cm³/mol. The van der Waals surface area contributed by atoms with E-state index in [1.165, 1.54) is 32.0 Å². The Labute approximate surface area is 180 Å². The van der Waals surface area contributed by atoms with Crippen LogP contribution in [0.15, 0.2) is 30.3 Å². The Balaban J connectivity index is 1.52. The normalized spacial score (nSPS) is 15.7. The van der Waals surface area contributed by atoms with Gasteiger partial charge >= 0.3 is 6.18 Å². The zero-order chi connectivity index (χ0) is 23.5. The summed E-state index contributed by atoms with van der Waals surface area (Å²) in [6.07, 6.45) is -4.84. The van der Waals surface area contributed by atoms with Gasteiger partial charge in [-0.15, -0.1) is 0 Å². The van der Waals surface area contributed by atoms with Gasteiger partial charge in [-0.3, -0.25) is 4.79 Å². The third-order valence-corrected chi connectivity index (χ3v) is 5.69. The van der Waals surface area contributed by atoms with Gasteiger partial charge in [-0.05, 0) is 57.0 Å². The Morgan fingerprint density at radius 2 is 1.91 bits per heavy atom. The SMILES string of the molecule is CC(C)(O)c1cc(F)c(CC(=O)Nc2ccc3[nH]c(C4(C(F)(F)F)CC4)nc3c2)cc1O. The molecule has 2 aromatic carbocycles. The second-order valence-corrected chi connectivity index (χ2v) is 8.64. The highest BCUT2D eigenvalue weighted by molar-refractivity contribution is 5.94. The number of anilines is 1. The summed E-state index contributed by atoms with van der Waals surface area (Å²) < 4.78 is 54.4. The highest BCUT2D eigenvalue weighted by Crippen LogP contribution is 2.58. The van der Waals surface area contributed by atoms with Crippen molar-refractivity contribution in [3.63, 3.8) is 0 Å². The van der Waals surface area contributed by atoms with E-state index in [1.54, 1.807) is 0 Å². The van der Waals surface area contributed by atoms with E-state index in [1.807, 2.05) is 0 Å². The number of aliphatic hydroxyl groups is 1. The molecule has 4 rings (SSSR count). The van der Waals surface area contributed by atoms with Gasteiger partial charge in [0.1, 0.15) is 22.8 Å². The van der Waals surface area contributed by atoms with E-state index in [9.17, 15) is 32.6 Å². The molecule has 0 radical (unpaired) electrons. The minimum absolute atomic E-state index is 0.00811. The van der Waals surface area contributed by atoms with E-state index in [0.717, 1.165) is 12.1 Å². The monoisotopic (exact) mass is 451 g/mol. The average Bonchev–Trinajstić information content (AvgIpc) is 3.38. The first-order valence-corrected chi connectivity index (χ1v) is 9.91. The maximum absolute atomic E-state index is 14.4. The Morgan fingerprint density at radius 3 is 2.50 bits per heavy atom. The number of rotatable bonds is 5. The first-order chi connectivity index (χ1) is 14.8. The molecule has 32 heavy (non-hydrogen) atoms. The lowest BCUT2D eigenvalue weighted by Crippen LogP contribution is -2.29. The number of benzene rings is 2. The van der Waals surface area contributed by atoms with Gasteiger partial charge in [0.2, 0.25) is 5.91 Å². The zero-order valence-electron chi connectivity index (χ0n) is 17.3. The summed E-state index contributed by atoms with van der Waals surface area (Å²) in [7, 11) is 0. The van der Waals surface area contributed by atoms with Crippen molar-refractivity contribution in [1.82, 2.24) is 9.97 Å². The fourth-order valence-corrected chi connectivity index (χ4v) is 3.70. The van der Waals surface area contributed by atoms with Gasteiger partial charge in [0.25, 0.3) is 0 Å². The predicted octanol–water partition coefficient (Wildman–Crippen LogP) is 4.41.